The van der Waals surface area contributed by atoms with Gasteiger partial charge in [0.05, 0.1) is 0 Å². The quantitative estimate of drug-likeness (QED) is 0.209. The van der Waals surface area contributed by atoms with Gasteiger partial charge in [-0.1, -0.05) is 107 Å². The first-order valence-corrected chi connectivity index (χ1v) is 10.5. The van der Waals surface area contributed by atoms with Crippen molar-refractivity contribution in [2.75, 3.05) is 0 Å². The Labute approximate surface area is 146 Å². The summed E-state index contributed by atoms with van der Waals surface area (Å²) in [5, 5.41) is 0.661. The van der Waals surface area contributed by atoms with E-state index in [1.807, 2.05) is 0 Å². The Morgan fingerprint density at radius 1 is 0.826 bits per heavy atom. The second-order valence-corrected chi connectivity index (χ2v) is 7.98. The Morgan fingerprint density at radius 3 is 2.09 bits per heavy atom. The average molecular weight is 313 g/mol. The zero-order valence-corrected chi connectivity index (χ0v) is 15.6. The Morgan fingerprint density at radius 2 is 1.43 bits per heavy atom. The molecule has 0 aliphatic carbocycles. The molecule has 129 valence electrons. The molecule has 2 aliphatic rings. The zero-order valence-electron chi connectivity index (χ0n) is 15.6. The fraction of sp³-hybridized carbons (Fsp3) is 0.818. The summed E-state index contributed by atoms with van der Waals surface area (Å²) < 4.78 is 0. The maximum Gasteiger partial charge on any atom is 0.122 e. The van der Waals surface area contributed by atoms with Crippen LogP contribution in [-0.2, 0) is 0 Å². The van der Waals surface area contributed by atoms with E-state index in [0.717, 1.165) is 5.82 Å². The molecule has 2 aliphatic heterocycles. The summed E-state index contributed by atoms with van der Waals surface area (Å²) in [4.78, 5) is 0. The van der Waals surface area contributed by atoms with Gasteiger partial charge in [-0.3, -0.25) is 0 Å². The molecule has 0 aromatic heterocycles. The van der Waals surface area contributed by atoms with Crippen molar-refractivity contribution in [1.82, 2.24) is 0 Å². The molecule has 0 nitrogen and oxygen atoms in total. The van der Waals surface area contributed by atoms with E-state index in [4.69, 9.17) is 0 Å². The average Bonchev–Trinajstić information content (AvgIpc) is 2.56. The van der Waals surface area contributed by atoms with Gasteiger partial charge in [-0.15, -0.1) is 0 Å². The second-order valence-electron chi connectivity index (χ2n) is 7.98. The summed E-state index contributed by atoms with van der Waals surface area (Å²) in [6.07, 6.45) is 30.4. The van der Waals surface area contributed by atoms with Gasteiger partial charge in [-0.05, 0) is 32.1 Å². The highest BCUT2D eigenvalue weighted by molar-refractivity contribution is 6.42. The van der Waals surface area contributed by atoms with E-state index in [0.29, 0.717) is 5.31 Å². The van der Waals surface area contributed by atoms with Crippen LogP contribution in [0.3, 0.4) is 0 Å². The predicted molar refractivity (Wildman–Crippen MR) is 105 cm³/mol. The lowest BCUT2D eigenvalue weighted by atomic mass is 9.35. The van der Waals surface area contributed by atoms with Gasteiger partial charge in [-0.25, -0.2) is 0 Å². The monoisotopic (exact) mass is 313 g/mol. The Balaban J connectivity index is 1.47. The topological polar surface area (TPSA) is 0 Å². The minimum Gasteiger partial charge on any atom is -0.0885 e. The standard InChI is InChI=1S/C22H38B/c1-2-3-4-5-6-7-8-9-10-11-12-13-18-22-19-14-16-21(23-22)17-15-20-22/h5-6,9-10,21H,2-4,7-8,11-20H2,1H3. The lowest BCUT2D eigenvalue weighted by Gasteiger charge is -2.45. The van der Waals surface area contributed by atoms with Gasteiger partial charge in [0, 0.05) is 0 Å². The Bertz CT molecular complexity index is 345. The minimum absolute atomic E-state index is 0.661. The van der Waals surface area contributed by atoms with E-state index in [-0.39, 0.29) is 0 Å². The van der Waals surface area contributed by atoms with Gasteiger partial charge in [0.1, 0.15) is 7.28 Å². The van der Waals surface area contributed by atoms with Crippen LogP contribution in [0.1, 0.15) is 103 Å². The molecule has 0 aromatic carbocycles. The highest BCUT2D eigenvalue weighted by Gasteiger charge is 2.39. The smallest absolute Gasteiger partial charge is 0.0885 e. The molecule has 2 fully saturated rings. The van der Waals surface area contributed by atoms with Crippen LogP contribution < -0.4 is 0 Å². The minimum atomic E-state index is 0.661. The van der Waals surface area contributed by atoms with Crippen LogP contribution in [0.4, 0.5) is 0 Å². The van der Waals surface area contributed by atoms with Crippen LogP contribution in [-0.4, -0.2) is 7.28 Å². The van der Waals surface area contributed by atoms with Crippen molar-refractivity contribution in [3.63, 3.8) is 0 Å². The van der Waals surface area contributed by atoms with Crippen LogP contribution in [0.5, 0.6) is 0 Å². The lowest BCUT2D eigenvalue weighted by molar-refractivity contribution is 0.325. The second kappa shape index (κ2) is 11.2. The largest absolute Gasteiger partial charge is 0.122 e. The molecule has 2 rings (SSSR count). The van der Waals surface area contributed by atoms with Gasteiger partial charge in [0.25, 0.3) is 0 Å². The van der Waals surface area contributed by atoms with Crippen LogP contribution in [0, 0.1) is 0 Å². The van der Waals surface area contributed by atoms with Crippen LogP contribution >= 0.6 is 0 Å². The van der Waals surface area contributed by atoms with Crippen molar-refractivity contribution in [3.05, 3.63) is 24.3 Å². The molecule has 2 heterocycles. The molecule has 0 N–H and O–H groups in total. The molecule has 0 atom stereocenters. The zero-order chi connectivity index (χ0) is 16.2. The van der Waals surface area contributed by atoms with E-state index in [1.54, 1.807) is 0 Å². The number of hydrogen-bond acceptors (Lipinski definition) is 0. The molecule has 1 radical (unpaired) electrons. The summed E-state index contributed by atoms with van der Waals surface area (Å²) in [6, 6.07) is 0. The summed E-state index contributed by atoms with van der Waals surface area (Å²) in [5.41, 5.74) is 0. The summed E-state index contributed by atoms with van der Waals surface area (Å²) in [7, 11) is 2.78. The van der Waals surface area contributed by atoms with Crippen LogP contribution in [0.2, 0.25) is 11.1 Å². The highest BCUT2D eigenvalue weighted by Crippen LogP contribution is 2.54. The van der Waals surface area contributed by atoms with Crippen molar-refractivity contribution < 1.29 is 0 Å². The molecular weight excluding hydrogens is 275 g/mol. The first-order chi connectivity index (χ1) is 11.3. The number of allylic oxidation sites excluding steroid dienone is 4. The number of rotatable bonds is 11. The van der Waals surface area contributed by atoms with Gasteiger partial charge >= 0.3 is 0 Å². The predicted octanol–water partition coefficient (Wildman–Crippen LogP) is 7.65. The van der Waals surface area contributed by atoms with E-state index < -0.39 is 0 Å². The maximum absolute atomic E-state index is 2.78. The van der Waals surface area contributed by atoms with Crippen LogP contribution in [0.15, 0.2) is 24.3 Å². The van der Waals surface area contributed by atoms with Gasteiger partial charge in [0.2, 0.25) is 0 Å². The highest BCUT2D eigenvalue weighted by atomic mass is 14.3. The third-order valence-electron chi connectivity index (χ3n) is 5.94. The van der Waals surface area contributed by atoms with E-state index >= 15 is 0 Å². The molecule has 23 heavy (non-hydrogen) atoms. The van der Waals surface area contributed by atoms with Crippen molar-refractivity contribution >= 4 is 7.28 Å². The first kappa shape index (κ1) is 18.9. The van der Waals surface area contributed by atoms with Crippen molar-refractivity contribution in [3.8, 4) is 0 Å². The molecule has 0 aromatic rings. The molecule has 1 heteroatoms. The van der Waals surface area contributed by atoms with Crippen molar-refractivity contribution in [2.45, 2.75) is 114 Å². The molecule has 2 bridgehead atoms. The van der Waals surface area contributed by atoms with Crippen molar-refractivity contribution in [2.24, 2.45) is 0 Å². The molecule has 0 amide bonds. The molecule has 0 saturated carbocycles. The van der Waals surface area contributed by atoms with Crippen LogP contribution in [0.25, 0.3) is 0 Å². The van der Waals surface area contributed by atoms with Gasteiger partial charge in [0.15, 0.2) is 0 Å². The number of hydrogen-bond donors (Lipinski definition) is 0. The van der Waals surface area contributed by atoms with Crippen molar-refractivity contribution in [1.29, 1.82) is 0 Å². The summed E-state index contributed by atoms with van der Waals surface area (Å²) >= 11 is 0. The number of fused-ring (bicyclic) bond motifs is 2. The Kier molecular flexibility index (Phi) is 9.16. The molecular formula is C22H38B. The lowest BCUT2D eigenvalue weighted by Crippen LogP contribution is -2.32. The Hall–Kier alpha value is -0.455. The SMILES string of the molecule is CCCCC=CCCC=CCCCCC12[B]C(CCC1)CCC2. The third-order valence-corrected chi connectivity index (χ3v) is 5.94. The molecule has 2 saturated heterocycles. The fourth-order valence-electron chi connectivity index (χ4n) is 4.59. The molecule has 0 unspecified atom stereocenters. The van der Waals surface area contributed by atoms with E-state index in [1.165, 1.54) is 96.3 Å². The first-order valence-electron chi connectivity index (χ1n) is 10.5. The normalized spacial score (nSPS) is 27.6. The van der Waals surface area contributed by atoms with E-state index in [2.05, 4.69) is 38.5 Å². The maximum atomic E-state index is 2.78. The van der Waals surface area contributed by atoms with Gasteiger partial charge < -0.3 is 0 Å². The third kappa shape index (κ3) is 7.31. The summed E-state index contributed by atoms with van der Waals surface area (Å²) in [5.74, 6) is 0.975. The van der Waals surface area contributed by atoms with Gasteiger partial charge in [-0.2, -0.15) is 0 Å². The van der Waals surface area contributed by atoms with E-state index in [9.17, 15) is 0 Å². The molecule has 0 spiro atoms. The fourth-order valence-corrected chi connectivity index (χ4v) is 4.59. The number of unbranched alkanes of at least 4 members (excludes halogenated alkanes) is 5. The summed E-state index contributed by atoms with van der Waals surface area (Å²) in [6.45, 7) is 2.26.